The van der Waals surface area contributed by atoms with E-state index in [9.17, 15) is 9.59 Å². The van der Waals surface area contributed by atoms with E-state index in [-0.39, 0.29) is 12.5 Å². The molecule has 0 aliphatic rings. The number of carbonyl (C=O) groups is 2. The van der Waals surface area contributed by atoms with Crippen LogP contribution in [-0.2, 0) is 4.79 Å². The number of hydroxylamine groups is 1. The summed E-state index contributed by atoms with van der Waals surface area (Å²) in [5.41, 5.74) is 5.12. The maximum Gasteiger partial charge on any atom is 0.320 e. The largest absolute Gasteiger partial charge is 0.497 e. The van der Waals surface area contributed by atoms with Crippen molar-refractivity contribution in [3.63, 3.8) is 0 Å². The van der Waals surface area contributed by atoms with Crippen LogP contribution in [-0.4, -0.2) is 40.8 Å². The van der Waals surface area contributed by atoms with Gasteiger partial charge in [-0.1, -0.05) is 24.6 Å². The van der Waals surface area contributed by atoms with E-state index in [1.165, 1.54) is 0 Å². The van der Waals surface area contributed by atoms with Gasteiger partial charge in [0.2, 0.25) is 5.91 Å². The smallest absolute Gasteiger partial charge is 0.320 e. The van der Waals surface area contributed by atoms with Crippen molar-refractivity contribution in [3.05, 3.63) is 54.6 Å². The van der Waals surface area contributed by atoms with E-state index in [2.05, 4.69) is 15.6 Å². The molecule has 34 heavy (non-hydrogen) atoms. The summed E-state index contributed by atoms with van der Waals surface area (Å²) in [4.78, 5) is 31.7. The van der Waals surface area contributed by atoms with Gasteiger partial charge in [-0.25, -0.2) is 15.3 Å². The van der Waals surface area contributed by atoms with Gasteiger partial charge in [-0.3, -0.25) is 15.3 Å². The molecule has 0 saturated carbocycles. The summed E-state index contributed by atoms with van der Waals surface area (Å²) in [6, 6.07) is 17.2. The second kappa shape index (κ2) is 10.7. The zero-order chi connectivity index (χ0) is 23.9. The number of hydrogen-bond donors (Lipinski definition) is 5. The predicted octanol–water partition coefficient (Wildman–Crippen LogP) is 4.58. The second-order valence-corrected chi connectivity index (χ2v) is 7.90. The minimum atomic E-state index is -0.405. The lowest BCUT2D eigenvalue weighted by atomic mass is 10.1. The third-order valence-corrected chi connectivity index (χ3v) is 5.59. The van der Waals surface area contributed by atoms with Crippen molar-refractivity contribution in [3.8, 4) is 17.0 Å². The monoisotopic (exact) mass is 461 g/mol. The molecule has 0 fully saturated rings. The lowest BCUT2D eigenvalue weighted by Crippen LogP contribution is -2.30. The third kappa shape index (κ3) is 5.26. The number of para-hydroxylation sites is 1. The Morgan fingerprint density at radius 3 is 2.59 bits per heavy atom. The molecule has 2 aromatic heterocycles. The fraction of sp³-hybridized carbons (Fsp3) is 0.240. The maximum atomic E-state index is 12.5. The summed E-state index contributed by atoms with van der Waals surface area (Å²) in [6.45, 7) is 0.466. The molecule has 0 aliphatic carbocycles. The van der Waals surface area contributed by atoms with Crippen LogP contribution >= 0.6 is 0 Å². The van der Waals surface area contributed by atoms with Gasteiger partial charge >= 0.3 is 6.03 Å². The molecule has 2 heterocycles. The molecule has 4 rings (SSSR count). The molecule has 9 nitrogen and oxygen atoms in total. The zero-order valence-corrected chi connectivity index (χ0v) is 18.9. The number of ether oxygens (including phenoxy) is 1. The van der Waals surface area contributed by atoms with Crippen LogP contribution in [0.25, 0.3) is 33.1 Å². The van der Waals surface area contributed by atoms with Crippen molar-refractivity contribution in [1.82, 2.24) is 20.8 Å². The van der Waals surface area contributed by atoms with Crippen LogP contribution in [0, 0.1) is 0 Å². The molecule has 0 saturated heterocycles. The molecule has 3 amide bonds. The Balaban J connectivity index is 1.52. The number of amides is 3. The van der Waals surface area contributed by atoms with E-state index in [1.807, 2.05) is 54.6 Å². The number of hydrogen-bond acceptors (Lipinski definition) is 5. The standard InChI is InChI=1S/C25H27N5O4/c1-34-17-12-10-16(11-13-17)23-24-19(18-7-4-5-8-20(18)27-24)15-21(28-23)29-25(32)26-14-6-2-3-9-22(31)30-33/h4-5,7-8,10-13,15,27,33H,2-3,6,9,14H2,1H3,(H,30,31)(H2,26,28,29,32). The van der Waals surface area contributed by atoms with Crippen LogP contribution in [0.3, 0.4) is 0 Å². The minimum Gasteiger partial charge on any atom is -0.497 e. The van der Waals surface area contributed by atoms with Crippen LogP contribution < -0.4 is 20.9 Å². The van der Waals surface area contributed by atoms with Gasteiger partial charge in [0, 0.05) is 34.8 Å². The van der Waals surface area contributed by atoms with E-state index in [0.29, 0.717) is 18.8 Å². The molecule has 0 spiro atoms. The van der Waals surface area contributed by atoms with Gasteiger partial charge in [0.25, 0.3) is 0 Å². The highest BCUT2D eigenvalue weighted by Crippen LogP contribution is 2.34. The van der Waals surface area contributed by atoms with Crippen molar-refractivity contribution in [1.29, 1.82) is 0 Å². The number of H-pyrrole nitrogens is 1. The number of methoxy groups -OCH3 is 1. The Labute approximate surface area is 196 Å². The van der Waals surface area contributed by atoms with E-state index in [0.717, 1.165) is 51.7 Å². The number of nitrogens with zero attached hydrogens (tertiary/aromatic N) is 1. The third-order valence-electron chi connectivity index (χ3n) is 5.59. The van der Waals surface area contributed by atoms with Crippen molar-refractivity contribution >= 4 is 39.6 Å². The summed E-state index contributed by atoms with van der Waals surface area (Å²) >= 11 is 0. The first-order chi connectivity index (χ1) is 16.6. The molecule has 0 unspecified atom stereocenters. The van der Waals surface area contributed by atoms with Gasteiger partial charge in [0.1, 0.15) is 11.6 Å². The van der Waals surface area contributed by atoms with Gasteiger partial charge in [0.05, 0.1) is 18.3 Å². The first-order valence-electron chi connectivity index (χ1n) is 11.1. The topological polar surface area (TPSA) is 128 Å². The van der Waals surface area contributed by atoms with Gasteiger partial charge in [-0.05, 0) is 49.2 Å². The number of aromatic nitrogens is 2. The number of urea groups is 1. The number of fused-ring (bicyclic) bond motifs is 3. The van der Waals surface area contributed by atoms with Gasteiger partial charge < -0.3 is 15.0 Å². The molecule has 0 bridgehead atoms. The van der Waals surface area contributed by atoms with E-state index in [4.69, 9.17) is 14.9 Å². The predicted molar refractivity (Wildman–Crippen MR) is 131 cm³/mol. The summed E-state index contributed by atoms with van der Waals surface area (Å²) < 4.78 is 5.27. The van der Waals surface area contributed by atoms with Crippen molar-refractivity contribution in [2.75, 3.05) is 19.0 Å². The Morgan fingerprint density at radius 2 is 1.82 bits per heavy atom. The van der Waals surface area contributed by atoms with Crippen LogP contribution in [0.1, 0.15) is 25.7 Å². The van der Waals surface area contributed by atoms with Crippen molar-refractivity contribution in [2.24, 2.45) is 0 Å². The molecule has 2 aromatic carbocycles. The Kier molecular flexibility index (Phi) is 7.24. The van der Waals surface area contributed by atoms with Gasteiger partial charge in [-0.15, -0.1) is 0 Å². The van der Waals surface area contributed by atoms with Crippen molar-refractivity contribution in [2.45, 2.75) is 25.7 Å². The number of rotatable bonds is 9. The fourth-order valence-corrected chi connectivity index (χ4v) is 3.87. The molecule has 4 aromatic rings. The number of carbonyl (C=O) groups excluding carboxylic acids is 2. The molecule has 176 valence electrons. The zero-order valence-electron chi connectivity index (χ0n) is 18.9. The Bertz CT molecular complexity index is 1300. The van der Waals surface area contributed by atoms with Crippen LogP contribution in [0.2, 0.25) is 0 Å². The first-order valence-corrected chi connectivity index (χ1v) is 11.1. The first kappa shape index (κ1) is 23.1. The highest BCUT2D eigenvalue weighted by molar-refractivity contribution is 6.12. The van der Waals surface area contributed by atoms with Crippen molar-refractivity contribution < 1.29 is 19.5 Å². The normalized spacial score (nSPS) is 10.9. The molecular formula is C25H27N5O4. The SMILES string of the molecule is COc1ccc(-c2nc(NC(=O)NCCCCCC(=O)NO)cc3c2[nH]c2ccccc23)cc1. The average molecular weight is 462 g/mol. The van der Waals surface area contributed by atoms with Gasteiger partial charge in [0.15, 0.2) is 0 Å². The molecule has 0 atom stereocenters. The molecule has 0 aliphatic heterocycles. The minimum absolute atomic E-state index is 0.255. The summed E-state index contributed by atoms with van der Waals surface area (Å²) in [5, 5.41) is 16.2. The molecule has 0 radical (unpaired) electrons. The molecular weight excluding hydrogens is 434 g/mol. The van der Waals surface area contributed by atoms with E-state index < -0.39 is 5.91 Å². The van der Waals surface area contributed by atoms with Crippen LogP contribution in [0.4, 0.5) is 10.6 Å². The number of unbranched alkanes of at least 4 members (excludes halogenated alkanes) is 2. The quantitative estimate of drug-likeness (QED) is 0.142. The second-order valence-electron chi connectivity index (χ2n) is 7.90. The highest BCUT2D eigenvalue weighted by atomic mass is 16.5. The average Bonchev–Trinajstić information content (AvgIpc) is 3.24. The highest BCUT2D eigenvalue weighted by Gasteiger charge is 2.15. The Hall–Kier alpha value is -4.11. The number of anilines is 1. The number of benzene rings is 2. The maximum absolute atomic E-state index is 12.5. The molecule has 9 heteroatoms. The van der Waals surface area contributed by atoms with E-state index >= 15 is 0 Å². The summed E-state index contributed by atoms with van der Waals surface area (Å²) in [7, 11) is 1.62. The lowest BCUT2D eigenvalue weighted by molar-refractivity contribution is -0.129. The summed E-state index contributed by atoms with van der Waals surface area (Å²) in [6.07, 6.45) is 2.37. The lowest BCUT2D eigenvalue weighted by Gasteiger charge is -2.10. The molecule has 5 N–H and O–H groups in total. The summed E-state index contributed by atoms with van der Waals surface area (Å²) in [5.74, 6) is 0.791. The number of nitrogens with one attached hydrogen (secondary N) is 4. The van der Waals surface area contributed by atoms with Crippen LogP contribution in [0.15, 0.2) is 54.6 Å². The Morgan fingerprint density at radius 1 is 1.03 bits per heavy atom. The number of pyridine rings is 1. The van der Waals surface area contributed by atoms with Crippen LogP contribution in [0.5, 0.6) is 5.75 Å². The fourth-order valence-electron chi connectivity index (χ4n) is 3.87. The van der Waals surface area contributed by atoms with Gasteiger partial charge in [-0.2, -0.15) is 0 Å². The van der Waals surface area contributed by atoms with E-state index in [1.54, 1.807) is 12.6 Å². The number of aromatic amines is 1.